The van der Waals surface area contributed by atoms with E-state index >= 15 is 0 Å². The van der Waals surface area contributed by atoms with Gasteiger partial charge in [0, 0.05) is 0 Å². The minimum absolute atomic E-state index is 0.139. The summed E-state index contributed by atoms with van der Waals surface area (Å²) < 4.78 is 14.6. The van der Waals surface area contributed by atoms with Crippen molar-refractivity contribution in [1.82, 2.24) is 4.90 Å². The highest BCUT2D eigenvalue weighted by Gasteiger charge is 1.98. The zero-order chi connectivity index (χ0) is 9.28. The van der Waals surface area contributed by atoms with Crippen LogP contribution in [-0.2, 0) is 4.74 Å². The van der Waals surface area contributed by atoms with Crippen molar-refractivity contribution in [2.75, 3.05) is 27.7 Å². The smallest absolute Gasteiger partial charge is 0.475 e. The Hall–Kier alpha value is -0.575. The molecule has 0 unspecified atom stereocenters. The number of methoxy groups -OCH3 is 1. The lowest BCUT2D eigenvalue weighted by molar-refractivity contribution is 0.196. The first kappa shape index (κ1) is 13.0. The van der Waals surface area contributed by atoms with E-state index in [-0.39, 0.29) is 7.56 Å². The molecule has 0 bridgehead atoms. The molecular weight excluding hydrogens is 148 g/mol. The van der Waals surface area contributed by atoms with Crippen molar-refractivity contribution < 1.29 is 13.8 Å². The van der Waals surface area contributed by atoms with Gasteiger partial charge in [0.25, 0.3) is 5.87 Å². The Balaban J connectivity index is 0. The van der Waals surface area contributed by atoms with Gasteiger partial charge >= 0.3 is 7.56 Å². The first-order valence-electron chi connectivity index (χ1n) is 3.24. The number of rotatable bonds is 2. The van der Waals surface area contributed by atoms with E-state index < -0.39 is 5.87 Å². The van der Waals surface area contributed by atoms with Crippen LogP contribution in [0.2, 0.25) is 0 Å². The van der Waals surface area contributed by atoms with Crippen molar-refractivity contribution >= 4 is 13.4 Å². The van der Waals surface area contributed by atoms with Crippen LogP contribution >= 0.6 is 0 Å². The fourth-order valence-corrected chi connectivity index (χ4v) is 0.0445. The van der Waals surface area contributed by atoms with Gasteiger partial charge in [0.05, 0.1) is 7.11 Å². The third-order valence-corrected chi connectivity index (χ3v) is 0.923. The van der Waals surface area contributed by atoms with Crippen molar-refractivity contribution in [3.05, 3.63) is 0 Å². The highest BCUT2D eigenvalue weighted by atomic mass is 19.1. The molecule has 0 rings (SSSR count). The molecule has 0 saturated carbocycles. The molecule has 0 spiro atoms. The summed E-state index contributed by atoms with van der Waals surface area (Å²) >= 11 is 0. The van der Waals surface area contributed by atoms with Crippen LogP contribution in [0.15, 0.2) is 0 Å². The molecule has 0 heterocycles. The Bertz CT molecular complexity index is 94.6. The van der Waals surface area contributed by atoms with E-state index in [1.807, 2.05) is 0 Å². The van der Waals surface area contributed by atoms with E-state index in [0.717, 1.165) is 13.7 Å². The molecule has 0 aromatic heterocycles. The molecule has 0 aliphatic carbocycles. The molecule has 65 valence electrons. The lowest BCUT2D eigenvalue weighted by Crippen LogP contribution is -2.08. The second-order valence-corrected chi connectivity index (χ2v) is 2.03. The van der Waals surface area contributed by atoms with Crippen LogP contribution in [0, 0.1) is 0 Å². The lowest BCUT2D eigenvalue weighted by Gasteiger charge is -2.00. The Morgan fingerprint density at radius 2 is 2.00 bits per heavy atom. The number of carbonyl (C=O) groups excluding carboxylic acids is 1. The van der Waals surface area contributed by atoms with E-state index in [1.54, 1.807) is 0 Å². The van der Waals surface area contributed by atoms with Gasteiger partial charge in [-0.25, -0.2) is 0 Å². The normalized spacial score (nSPS) is 8.18. The predicted molar refractivity (Wildman–Crippen MR) is 43.5 cm³/mol. The van der Waals surface area contributed by atoms with Crippen molar-refractivity contribution in [3.63, 3.8) is 0 Å². The topological polar surface area (TPSA) is 29.5 Å². The summed E-state index contributed by atoms with van der Waals surface area (Å²) in [7, 11) is 5.08. The third kappa shape index (κ3) is 17.7. The van der Waals surface area contributed by atoms with Gasteiger partial charge in [-0.2, -0.15) is 0 Å². The predicted octanol–water partition coefficient (Wildman–Crippen LogP) is 0.909. The maximum absolute atomic E-state index is 10.8. The van der Waals surface area contributed by atoms with Gasteiger partial charge in [0.15, 0.2) is 0 Å². The number of ether oxygens (including phenoxy) is 1. The van der Waals surface area contributed by atoms with E-state index in [0.29, 0.717) is 0 Å². The molecule has 3 nitrogen and oxygen atoms in total. The van der Waals surface area contributed by atoms with Crippen molar-refractivity contribution in [1.29, 1.82) is 0 Å². The Labute approximate surface area is 67.8 Å². The summed E-state index contributed by atoms with van der Waals surface area (Å²) in [5, 5.41) is 0. The molecule has 0 amide bonds. The van der Waals surface area contributed by atoms with E-state index in [4.69, 9.17) is 0 Å². The molecule has 11 heavy (non-hydrogen) atoms. The minimum Gasteiger partial charge on any atom is -0.475 e. The fourth-order valence-electron chi connectivity index (χ4n) is 0.0445. The van der Waals surface area contributed by atoms with Crippen molar-refractivity contribution in [3.8, 4) is 0 Å². The lowest BCUT2D eigenvalue weighted by atomic mass is 10.1. The summed E-state index contributed by atoms with van der Waals surface area (Å²) in [4.78, 5) is 11.7. The SMILES string of the molecule is CCN(C)C.COC(=O)[B]F. The summed E-state index contributed by atoms with van der Waals surface area (Å²) in [6, 6.07) is 0. The number of carbonyl (C=O) groups is 1. The van der Waals surface area contributed by atoms with Crippen LogP contribution < -0.4 is 0 Å². The molecule has 0 aliphatic rings. The van der Waals surface area contributed by atoms with Gasteiger partial charge in [-0.05, 0) is 20.6 Å². The number of hydrogen-bond donors (Lipinski definition) is 0. The van der Waals surface area contributed by atoms with Gasteiger partial charge in [-0.3, -0.25) is 4.79 Å². The summed E-state index contributed by atoms with van der Waals surface area (Å²) in [6.07, 6.45) is 0. The van der Waals surface area contributed by atoms with E-state index in [9.17, 15) is 9.11 Å². The second-order valence-electron chi connectivity index (χ2n) is 2.03. The average Bonchev–Trinajstić information content (AvgIpc) is 2.04. The van der Waals surface area contributed by atoms with Crippen LogP contribution in [0.3, 0.4) is 0 Å². The van der Waals surface area contributed by atoms with E-state index in [1.165, 1.54) is 0 Å². The molecule has 5 heteroatoms. The zero-order valence-electron chi connectivity index (χ0n) is 7.43. The van der Waals surface area contributed by atoms with Crippen molar-refractivity contribution in [2.45, 2.75) is 6.92 Å². The largest absolute Gasteiger partial charge is 0.491 e. The van der Waals surface area contributed by atoms with Crippen LogP contribution in [0.5, 0.6) is 0 Å². The highest BCUT2D eigenvalue weighted by molar-refractivity contribution is 6.66. The van der Waals surface area contributed by atoms with Crippen LogP contribution in [0.1, 0.15) is 6.92 Å². The summed E-state index contributed by atoms with van der Waals surface area (Å²) in [6.45, 7) is 3.26. The molecule has 0 atom stereocenters. The summed E-state index contributed by atoms with van der Waals surface area (Å²) in [5.41, 5.74) is 0. The minimum atomic E-state index is -0.949. The molecule has 0 N–H and O–H groups in total. The van der Waals surface area contributed by atoms with Gasteiger partial charge in [0.2, 0.25) is 0 Å². The quantitative estimate of drug-likeness (QED) is 0.565. The average molecular weight is 162 g/mol. The standard InChI is InChI=1S/C4H11N.C2H3BFO2/c1-4-5(2)3;1-6-2(5)3-4/h4H2,1-3H3;1H3. The molecule has 0 aliphatic heterocycles. The highest BCUT2D eigenvalue weighted by Crippen LogP contribution is 1.71. The van der Waals surface area contributed by atoms with Gasteiger partial charge < -0.3 is 14.0 Å². The zero-order valence-corrected chi connectivity index (χ0v) is 7.43. The van der Waals surface area contributed by atoms with Gasteiger partial charge in [-0.1, -0.05) is 6.92 Å². The first-order chi connectivity index (χ1) is 5.08. The molecule has 0 aromatic rings. The molecule has 0 saturated heterocycles. The maximum Gasteiger partial charge on any atom is 0.491 e. The number of halogens is 1. The Morgan fingerprint density at radius 1 is 1.64 bits per heavy atom. The third-order valence-electron chi connectivity index (χ3n) is 0.923. The molecular formula is C6H14BFNO2. The first-order valence-corrected chi connectivity index (χ1v) is 3.24. The van der Waals surface area contributed by atoms with Crippen LogP contribution in [0.4, 0.5) is 9.11 Å². The van der Waals surface area contributed by atoms with Gasteiger partial charge in [-0.15, -0.1) is 0 Å². The molecule has 0 aromatic carbocycles. The monoisotopic (exact) mass is 162 g/mol. The Morgan fingerprint density at radius 3 is 2.00 bits per heavy atom. The second kappa shape index (κ2) is 9.42. The maximum atomic E-state index is 10.8. The van der Waals surface area contributed by atoms with Gasteiger partial charge in [0.1, 0.15) is 0 Å². The number of hydrogen-bond acceptors (Lipinski definition) is 3. The number of nitrogens with zero attached hydrogens (tertiary/aromatic N) is 1. The molecule has 0 fully saturated rings. The van der Waals surface area contributed by atoms with E-state index in [2.05, 4.69) is 30.7 Å². The van der Waals surface area contributed by atoms with Crippen molar-refractivity contribution in [2.24, 2.45) is 0 Å². The molecule has 1 radical (unpaired) electrons. The van der Waals surface area contributed by atoms with Crippen LogP contribution in [0.25, 0.3) is 0 Å². The fraction of sp³-hybridized carbons (Fsp3) is 0.833. The summed E-state index contributed by atoms with van der Waals surface area (Å²) in [5.74, 6) is -0.949. The Kier molecular flexibility index (Phi) is 11.2. The van der Waals surface area contributed by atoms with Crippen LogP contribution in [-0.4, -0.2) is 46.1 Å².